The fourth-order valence-electron chi connectivity index (χ4n) is 2.67. The summed E-state index contributed by atoms with van der Waals surface area (Å²) < 4.78 is 14.2. The van der Waals surface area contributed by atoms with Gasteiger partial charge in [-0.05, 0) is 42.5 Å². The molecule has 0 saturated heterocycles. The molecule has 0 bridgehead atoms. The van der Waals surface area contributed by atoms with Gasteiger partial charge >= 0.3 is 0 Å². The van der Waals surface area contributed by atoms with Gasteiger partial charge in [-0.1, -0.05) is 40.9 Å². The summed E-state index contributed by atoms with van der Waals surface area (Å²) in [6.45, 7) is 0.239. The minimum atomic E-state index is -0.386. The Morgan fingerprint density at radius 1 is 0.969 bits per heavy atom. The molecular weight excluding hydrogens is 477 g/mol. The highest BCUT2D eigenvalue weighted by atomic mass is 35.5. The number of amides is 1. The van der Waals surface area contributed by atoms with Crippen molar-refractivity contribution in [1.29, 1.82) is 0 Å². The molecule has 164 valence electrons. The van der Waals surface area contributed by atoms with Crippen LogP contribution < -0.4 is 14.8 Å². The van der Waals surface area contributed by atoms with Crippen molar-refractivity contribution in [3.8, 4) is 11.5 Å². The maximum Gasteiger partial charge on any atom is 0.276 e. The molecule has 0 spiro atoms. The SMILES string of the molecule is O=C(Nc1cnn(COc2cccc(Cl)c2)c1)c1ccn(COc2ccc(Cl)cc2Cl)n1. The lowest BCUT2D eigenvalue weighted by atomic mass is 10.3. The number of nitrogens with zero attached hydrogens (tertiary/aromatic N) is 4. The Morgan fingerprint density at radius 3 is 2.59 bits per heavy atom. The maximum absolute atomic E-state index is 12.5. The lowest BCUT2D eigenvalue weighted by Crippen LogP contribution is -2.14. The van der Waals surface area contributed by atoms with Gasteiger partial charge < -0.3 is 14.8 Å². The van der Waals surface area contributed by atoms with E-state index in [0.717, 1.165) is 0 Å². The third-order valence-electron chi connectivity index (χ3n) is 4.17. The zero-order valence-electron chi connectivity index (χ0n) is 16.4. The van der Waals surface area contributed by atoms with Crippen LogP contribution in [0, 0.1) is 0 Å². The van der Waals surface area contributed by atoms with Gasteiger partial charge in [0.25, 0.3) is 5.91 Å². The molecule has 4 rings (SSSR count). The van der Waals surface area contributed by atoms with E-state index in [1.807, 2.05) is 0 Å². The van der Waals surface area contributed by atoms with Gasteiger partial charge in [0.05, 0.1) is 23.1 Å². The Kier molecular flexibility index (Phi) is 6.84. The summed E-state index contributed by atoms with van der Waals surface area (Å²) in [6.07, 6.45) is 4.79. The highest BCUT2D eigenvalue weighted by Gasteiger charge is 2.12. The van der Waals surface area contributed by atoms with Crippen LogP contribution in [0.15, 0.2) is 67.1 Å². The van der Waals surface area contributed by atoms with Gasteiger partial charge in [0.15, 0.2) is 19.2 Å². The Labute approximate surface area is 198 Å². The van der Waals surface area contributed by atoms with E-state index >= 15 is 0 Å². The molecule has 2 aromatic heterocycles. The summed E-state index contributed by atoms with van der Waals surface area (Å²) in [6, 6.07) is 13.5. The molecule has 0 saturated carbocycles. The van der Waals surface area contributed by atoms with Crippen LogP contribution in [0.1, 0.15) is 10.5 Å². The van der Waals surface area contributed by atoms with E-state index in [0.29, 0.717) is 32.3 Å². The molecule has 0 aliphatic carbocycles. The van der Waals surface area contributed by atoms with E-state index in [9.17, 15) is 4.79 Å². The summed E-state index contributed by atoms with van der Waals surface area (Å²) >= 11 is 17.9. The number of hydrogen-bond acceptors (Lipinski definition) is 5. The van der Waals surface area contributed by atoms with E-state index in [1.54, 1.807) is 65.6 Å². The molecule has 2 heterocycles. The molecule has 11 heteroatoms. The Bertz CT molecular complexity index is 1240. The van der Waals surface area contributed by atoms with Crippen molar-refractivity contribution >= 4 is 46.4 Å². The molecule has 0 unspecified atom stereocenters. The molecule has 0 radical (unpaired) electrons. The molecule has 4 aromatic rings. The van der Waals surface area contributed by atoms with Crippen LogP contribution in [0.4, 0.5) is 5.69 Å². The van der Waals surface area contributed by atoms with E-state index in [-0.39, 0.29) is 25.1 Å². The quantitative estimate of drug-likeness (QED) is 0.358. The van der Waals surface area contributed by atoms with Crippen LogP contribution in [0.2, 0.25) is 15.1 Å². The number of benzene rings is 2. The summed E-state index contributed by atoms with van der Waals surface area (Å²) in [5, 5.41) is 12.6. The van der Waals surface area contributed by atoms with E-state index < -0.39 is 0 Å². The third-order valence-corrected chi connectivity index (χ3v) is 4.94. The molecule has 2 aromatic carbocycles. The van der Waals surface area contributed by atoms with Crippen molar-refractivity contribution in [2.45, 2.75) is 13.5 Å². The van der Waals surface area contributed by atoms with Crippen LogP contribution in [0.3, 0.4) is 0 Å². The highest BCUT2D eigenvalue weighted by Crippen LogP contribution is 2.27. The van der Waals surface area contributed by atoms with Crippen molar-refractivity contribution in [3.63, 3.8) is 0 Å². The minimum absolute atomic E-state index is 0.0768. The minimum Gasteiger partial charge on any atom is -0.471 e. The standard InChI is InChI=1S/C21H16Cl3N5O3/c22-14-2-1-3-17(8-14)31-13-29-11-16(10-25-29)26-21(30)19-6-7-28(27-19)12-32-20-5-4-15(23)9-18(20)24/h1-11H,12-13H2,(H,26,30). The molecule has 32 heavy (non-hydrogen) atoms. The summed E-state index contributed by atoms with van der Waals surface area (Å²) in [4.78, 5) is 12.5. The Morgan fingerprint density at radius 2 is 1.78 bits per heavy atom. The first-order valence-electron chi connectivity index (χ1n) is 9.30. The van der Waals surface area contributed by atoms with Gasteiger partial charge in [-0.15, -0.1) is 0 Å². The average Bonchev–Trinajstić information content (AvgIpc) is 3.41. The van der Waals surface area contributed by atoms with Crippen LogP contribution >= 0.6 is 34.8 Å². The zero-order chi connectivity index (χ0) is 22.5. The molecule has 1 N–H and O–H groups in total. The van der Waals surface area contributed by atoms with Crippen molar-refractivity contribution in [2.75, 3.05) is 5.32 Å². The van der Waals surface area contributed by atoms with E-state index in [2.05, 4.69) is 15.5 Å². The Hall–Kier alpha value is -3.20. The first-order chi connectivity index (χ1) is 15.5. The van der Waals surface area contributed by atoms with Gasteiger partial charge in [-0.2, -0.15) is 10.2 Å². The number of nitrogens with one attached hydrogen (secondary N) is 1. The number of carbonyl (C=O) groups is 1. The predicted octanol–water partition coefficient (Wildman–Crippen LogP) is 5.37. The zero-order valence-corrected chi connectivity index (χ0v) is 18.7. The number of aromatic nitrogens is 4. The van der Waals surface area contributed by atoms with Crippen molar-refractivity contribution in [3.05, 3.63) is 87.9 Å². The normalized spacial score (nSPS) is 10.7. The fraction of sp³-hybridized carbons (Fsp3) is 0.0952. The Balaban J connectivity index is 1.30. The van der Waals surface area contributed by atoms with Crippen LogP contribution in [-0.4, -0.2) is 25.5 Å². The largest absolute Gasteiger partial charge is 0.471 e. The predicted molar refractivity (Wildman–Crippen MR) is 122 cm³/mol. The number of carbonyl (C=O) groups excluding carboxylic acids is 1. The van der Waals surface area contributed by atoms with E-state index in [4.69, 9.17) is 44.3 Å². The summed E-state index contributed by atoms with van der Waals surface area (Å²) in [5.74, 6) is 0.694. The highest BCUT2D eigenvalue weighted by molar-refractivity contribution is 6.35. The van der Waals surface area contributed by atoms with Crippen molar-refractivity contribution < 1.29 is 14.3 Å². The smallest absolute Gasteiger partial charge is 0.276 e. The van der Waals surface area contributed by atoms with Crippen LogP contribution in [0.5, 0.6) is 11.5 Å². The third kappa shape index (κ3) is 5.73. The fourth-order valence-corrected chi connectivity index (χ4v) is 3.32. The molecule has 0 aliphatic heterocycles. The molecule has 1 amide bonds. The van der Waals surface area contributed by atoms with Gasteiger partial charge in [0.2, 0.25) is 0 Å². The monoisotopic (exact) mass is 491 g/mol. The number of rotatable bonds is 8. The number of anilines is 1. The molecule has 8 nitrogen and oxygen atoms in total. The average molecular weight is 493 g/mol. The van der Waals surface area contributed by atoms with Gasteiger partial charge in [-0.3, -0.25) is 4.79 Å². The maximum atomic E-state index is 12.5. The van der Waals surface area contributed by atoms with Crippen LogP contribution in [-0.2, 0) is 13.5 Å². The second-order valence-corrected chi connectivity index (χ2v) is 7.82. The van der Waals surface area contributed by atoms with E-state index in [1.165, 1.54) is 10.9 Å². The molecule has 0 fully saturated rings. The molecule has 0 aliphatic rings. The lowest BCUT2D eigenvalue weighted by Gasteiger charge is -2.08. The van der Waals surface area contributed by atoms with Crippen molar-refractivity contribution in [1.82, 2.24) is 19.6 Å². The summed E-state index contributed by atoms with van der Waals surface area (Å²) in [7, 11) is 0. The second-order valence-electron chi connectivity index (χ2n) is 6.54. The van der Waals surface area contributed by atoms with Crippen LogP contribution in [0.25, 0.3) is 0 Å². The molecule has 0 atom stereocenters. The number of ether oxygens (including phenoxy) is 2. The summed E-state index contributed by atoms with van der Waals surface area (Å²) in [5.41, 5.74) is 0.724. The number of hydrogen-bond donors (Lipinski definition) is 1. The second kappa shape index (κ2) is 9.95. The topological polar surface area (TPSA) is 83.2 Å². The number of halogens is 3. The van der Waals surface area contributed by atoms with Gasteiger partial charge in [0, 0.05) is 16.2 Å². The lowest BCUT2D eigenvalue weighted by molar-refractivity contribution is 0.102. The first kappa shape index (κ1) is 22.0. The molecular formula is C21H16Cl3N5O3. The van der Waals surface area contributed by atoms with Crippen molar-refractivity contribution in [2.24, 2.45) is 0 Å². The first-order valence-corrected chi connectivity index (χ1v) is 10.4. The van der Waals surface area contributed by atoms with Gasteiger partial charge in [-0.25, -0.2) is 9.36 Å². The van der Waals surface area contributed by atoms with Gasteiger partial charge in [0.1, 0.15) is 11.5 Å².